The topological polar surface area (TPSA) is 57.4 Å². The lowest BCUT2D eigenvalue weighted by atomic mass is 9.82. The Bertz CT molecular complexity index is 708. The predicted molar refractivity (Wildman–Crippen MR) is 88.0 cm³/mol. The van der Waals surface area contributed by atoms with Crippen molar-refractivity contribution in [3.63, 3.8) is 0 Å². The fourth-order valence-electron chi connectivity index (χ4n) is 2.92. The number of hydrogen-bond acceptors (Lipinski definition) is 2. The monoisotopic (exact) mass is 374 g/mol. The van der Waals surface area contributed by atoms with Crippen LogP contribution in [0.4, 0.5) is 5.69 Å². The molecule has 1 aliphatic rings. The van der Waals surface area contributed by atoms with E-state index in [1.165, 1.54) is 0 Å². The lowest BCUT2D eigenvalue weighted by molar-refractivity contribution is -0.459. The molecule has 0 aromatic heterocycles. The SMILES string of the molecule is CCCC([N+]1=C(C)C(C)(C)c2cc(Br)ccc21)S(=O)(=O)O. The van der Waals surface area contributed by atoms with E-state index in [2.05, 4.69) is 29.8 Å². The molecule has 1 atom stereocenters. The van der Waals surface area contributed by atoms with Gasteiger partial charge < -0.3 is 0 Å². The highest BCUT2D eigenvalue weighted by Gasteiger charge is 2.48. The number of hydrogen-bond donors (Lipinski definition) is 1. The van der Waals surface area contributed by atoms with Gasteiger partial charge in [0.25, 0.3) is 5.37 Å². The van der Waals surface area contributed by atoms with Gasteiger partial charge in [-0.1, -0.05) is 22.9 Å². The van der Waals surface area contributed by atoms with Crippen molar-refractivity contribution >= 4 is 37.4 Å². The summed E-state index contributed by atoms with van der Waals surface area (Å²) in [5, 5.41) is -0.927. The summed E-state index contributed by atoms with van der Waals surface area (Å²) in [7, 11) is -4.15. The van der Waals surface area contributed by atoms with Crippen LogP contribution in [0.25, 0.3) is 0 Å². The number of rotatable bonds is 4. The Kier molecular flexibility index (Phi) is 4.35. The molecule has 0 bridgehead atoms. The molecular formula is C15H21BrNO3S+. The second kappa shape index (κ2) is 5.48. The largest absolute Gasteiger partial charge is 0.329 e. The highest BCUT2D eigenvalue weighted by Crippen LogP contribution is 2.42. The van der Waals surface area contributed by atoms with Gasteiger partial charge in [0.15, 0.2) is 5.71 Å². The van der Waals surface area contributed by atoms with Gasteiger partial charge in [0.05, 0.1) is 5.41 Å². The molecule has 116 valence electrons. The van der Waals surface area contributed by atoms with Crippen molar-refractivity contribution < 1.29 is 17.5 Å². The maximum Gasteiger partial charge on any atom is 0.329 e. The van der Waals surface area contributed by atoms with Crippen LogP contribution in [-0.2, 0) is 15.5 Å². The molecule has 21 heavy (non-hydrogen) atoms. The van der Waals surface area contributed by atoms with Gasteiger partial charge in [-0.3, -0.25) is 4.55 Å². The second-order valence-corrected chi connectivity index (χ2v) is 8.49. The first kappa shape index (κ1) is 16.6. The Morgan fingerprint density at radius 2 is 2.00 bits per heavy atom. The average molecular weight is 375 g/mol. The zero-order valence-electron chi connectivity index (χ0n) is 12.7. The number of benzene rings is 1. The molecule has 0 fully saturated rings. The zero-order valence-corrected chi connectivity index (χ0v) is 15.1. The third kappa shape index (κ3) is 2.81. The highest BCUT2D eigenvalue weighted by molar-refractivity contribution is 9.10. The lowest BCUT2D eigenvalue weighted by Gasteiger charge is -2.15. The standard InChI is InChI=1S/C15H20BrNO3S/c1-5-6-14(21(18,19)20)17-10(2)15(3,4)12-9-11(16)7-8-13(12)17/h7-9,14H,5-6H2,1-4H3/p+1. The van der Waals surface area contributed by atoms with Gasteiger partial charge in [-0.05, 0) is 32.4 Å². The molecule has 1 heterocycles. The molecule has 0 spiro atoms. The van der Waals surface area contributed by atoms with Crippen molar-refractivity contribution in [2.24, 2.45) is 0 Å². The Morgan fingerprint density at radius 1 is 1.38 bits per heavy atom. The van der Waals surface area contributed by atoms with E-state index < -0.39 is 15.5 Å². The van der Waals surface area contributed by atoms with Gasteiger partial charge in [0, 0.05) is 29.4 Å². The van der Waals surface area contributed by atoms with Crippen LogP contribution in [0.15, 0.2) is 22.7 Å². The van der Waals surface area contributed by atoms with Crippen LogP contribution in [-0.4, -0.2) is 28.6 Å². The molecule has 1 unspecified atom stereocenters. The van der Waals surface area contributed by atoms with Gasteiger partial charge in [0.1, 0.15) is 0 Å². The lowest BCUT2D eigenvalue weighted by Crippen LogP contribution is -2.35. The summed E-state index contributed by atoms with van der Waals surface area (Å²) in [6.45, 7) is 7.99. The molecular weight excluding hydrogens is 354 g/mol. The molecule has 1 aliphatic heterocycles. The van der Waals surface area contributed by atoms with E-state index in [0.29, 0.717) is 12.8 Å². The minimum Gasteiger partial charge on any atom is -0.280 e. The first-order valence-electron chi connectivity index (χ1n) is 7.00. The van der Waals surface area contributed by atoms with Crippen molar-refractivity contribution in [1.29, 1.82) is 0 Å². The highest BCUT2D eigenvalue weighted by atomic mass is 79.9. The maximum absolute atomic E-state index is 11.8. The Labute approximate surface area is 134 Å². The summed E-state index contributed by atoms with van der Waals surface area (Å²) in [5.41, 5.74) is 2.60. The van der Waals surface area contributed by atoms with E-state index in [1.807, 2.05) is 32.0 Å². The minimum atomic E-state index is -4.15. The summed E-state index contributed by atoms with van der Waals surface area (Å²) in [6, 6.07) is 5.82. The molecule has 6 heteroatoms. The smallest absolute Gasteiger partial charge is 0.280 e. The van der Waals surface area contributed by atoms with E-state index in [4.69, 9.17) is 0 Å². The molecule has 2 rings (SSSR count). The summed E-state index contributed by atoms with van der Waals surface area (Å²) < 4.78 is 36.1. The molecule has 0 radical (unpaired) electrons. The summed E-state index contributed by atoms with van der Waals surface area (Å²) in [4.78, 5) is 0. The van der Waals surface area contributed by atoms with Crippen LogP contribution in [0.3, 0.4) is 0 Å². The van der Waals surface area contributed by atoms with Gasteiger partial charge >= 0.3 is 10.1 Å². The van der Waals surface area contributed by atoms with Crippen molar-refractivity contribution in [3.05, 3.63) is 28.2 Å². The Balaban J connectivity index is 2.71. The van der Waals surface area contributed by atoms with Crippen molar-refractivity contribution in [2.75, 3.05) is 0 Å². The molecule has 0 amide bonds. The fourth-order valence-corrected chi connectivity index (χ4v) is 4.36. The predicted octanol–water partition coefficient (Wildman–Crippen LogP) is 3.86. The van der Waals surface area contributed by atoms with E-state index >= 15 is 0 Å². The molecule has 0 saturated heterocycles. The van der Waals surface area contributed by atoms with Gasteiger partial charge in [0.2, 0.25) is 5.69 Å². The van der Waals surface area contributed by atoms with Crippen LogP contribution in [0, 0.1) is 0 Å². The summed E-state index contributed by atoms with van der Waals surface area (Å²) in [5.74, 6) is 0. The van der Waals surface area contributed by atoms with E-state index in [9.17, 15) is 13.0 Å². The van der Waals surface area contributed by atoms with Crippen LogP contribution >= 0.6 is 15.9 Å². The third-order valence-corrected chi connectivity index (χ3v) is 5.95. The molecule has 4 nitrogen and oxygen atoms in total. The number of halogens is 1. The molecule has 0 saturated carbocycles. The van der Waals surface area contributed by atoms with E-state index in [1.54, 1.807) is 4.58 Å². The van der Waals surface area contributed by atoms with Crippen LogP contribution in [0.2, 0.25) is 0 Å². The maximum atomic E-state index is 11.8. The summed E-state index contributed by atoms with van der Waals surface area (Å²) >= 11 is 3.47. The molecule has 0 aliphatic carbocycles. The number of fused-ring (bicyclic) bond motifs is 1. The van der Waals surface area contributed by atoms with Crippen molar-refractivity contribution in [2.45, 2.75) is 51.3 Å². The first-order valence-corrected chi connectivity index (χ1v) is 9.30. The Hall–Kier alpha value is -0.720. The quantitative estimate of drug-likeness (QED) is 0.642. The van der Waals surface area contributed by atoms with E-state index in [-0.39, 0.29) is 5.41 Å². The average Bonchev–Trinajstić information content (AvgIpc) is 2.55. The fraction of sp³-hybridized carbons (Fsp3) is 0.533. The number of nitrogens with zero attached hydrogens (tertiary/aromatic N) is 1. The molecule has 1 aromatic carbocycles. The first-order chi connectivity index (χ1) is 9.60. The van der Waals surface area contributed by atoms with Crippen LogP contribution in [0.5, 0.6) is 0 Å². The normalized spacial score (nSPS) is 18.8. The Morgan fingerprint density at radius 3 is 2.52 bits per heavy atom. The molecule has 1 aromatic rings. The van der Waals surface area contributed by atoms with E-state index in [0.717, 1.165) is 21.4 Å². The summed E-state index contributed by atoms with van der Waals surface area (Å²) in [6.07, 6.45) is 1.07. The van der Waals surface area contributed by atoms with Crippen LogP contribution in [0.1, 0.15) is 46.1 Å². The van der Waals surface area contributed by atoms with Crippen LogP contribution < -0.4 is 0 Å². The van der Waals surface area contributed by atoms with Gasteiger partial charge in [-0.15, -0.1) is 0 Å². The third-order valence-electron chi connectivity index (χ3n) is 4.32. The minimum absolute atomic E-state index is 0.268. The van der Waals surface area contributed by atoms with Gasteiger partial charge in [-0.25, -0.2) is 0 Å². The second-order valence-electron chi connectivity index (χ2n) is 6.00. The van der Waals surface area contributed by atoms with Crippen molar-refractivity contribution in [1.82, 2.24) is 0 Å². The molecule has 1 N–H and O–H groups in total. The zero-order chi connectivity index (χ0) is 16.0. The van der Waals surface area contributed by atoms with Gasteiger partial charge in [-0.2, -0.15) is 13.0 Å². The van der Waals surface area contributed by atoms with Crippen molar-refractivity contribution in [3.8, 4) is 0 Å².